The average molecular weight is 433 g/mol. The second-order valence-corrected chi connectivity index (χ2v) is 9.30. The predicted octanol–water partition coefficient (Wildman–Crippen LogP) is 2.98. The molecule has 1 N–H and O–H groups in total. The summed E-state index contributed by atoms with van der Waals surface area (Å²) in [6.07, 6.45) is 1.29. The molecule has 0 unspecified atom stereocenters. The lowest BCUT2D eigenvalue weighted by atomic mass is 9.98. The molecule has 8 heteroatoms. The Morgan fingerprint density at radius 1 is 1.10 bits per heavy atom. The van der Waals surface area contributed by atoms with E-state index in [2.05, 4.69) is 5.32 Å². The van der Waals surface area contributed by atoms with Gasteiger partial charge >= 0.3 is 0 Å². The summed E-state index contributed by atoms with van der Waals surface area (Å²) in [5, 5.41) is 3.01. The molecule has 7 nitrogen and oxygen atoms in total. The van der Waals surface area contributed by atoms with Crippen molar-refractivity contribution in [1.29, 1.82) is 0 Å². The Balaban J connectivity index is 1.72. The Morgan fingerprint density at radius 3 is 2.47 bits per heavy atom. The first-order valence-corrected chi connectivity index (χ1v) is 11.4. The van der Waals surface area contributed by atoms with Crippen molar-refractivity contribution in [2.75, 3.05) is 27.3 Å². The molecule has 3 rings (SSSR count). The standard InChI is InChI=1S/C22H28N2O5S/c1-16(17-8-5-4-6-9-17)23-22(25)18-10-7-13-24(15-18)30(26,27)19-11-12-20(28-2)21(14-19)29-3/h4-6,8-9,11-12,14,16,18H,7,10,13,15H2,1-3H3,(H,23,25)/t16-,18-/m1/s1. The van der Waals surface area contributed by atoms with E-state index in [1.807, 2.05) is 37.3 Å². The summed E-state index contributed by atoms with van der Waals surface area (Å²) in [5.41, 5.74) is 1.01. The molecule has 2 aromatic carbocycles. The molecule has 0 aromatic heterocycles. The highest BCUT2D eigenvalue weighted by Gasteiger charge is 2.34. The first-order valence-electron chi connectivity index (χ1n) is 9.94. The van der Waals surface area contributed by atoms with Gasteiger partial charge in [0.2, 0.25) is 15.9 Å². The van der Waals surface area contributed by atoms with Crippen LogP contribution in [0.5, 0.6) is 11.5 Å². The third-order valence-corrected chi connectivity index (χ3v) is 7.27. The summed E-state index contributed by atoms with van der Waals surface area (Å²) in [6.45, 7) is 2.47. The van der Waals surface area contributed by atoms with Gasteiger partial charge in [-0.1, -0.05) is 30.3 Å². The normalized spacial score (nSPS) is 18.4. The van der Waals surface area contributed by atoms with Gasteiger partial charge in [-0.25, -0.2) is 8.42 Å². The number of carbonyl (C=O) groups excluding carboxylic acids is 1. The van der Waals surface area contributed by atoms with Gasteiger partial charge in [0, 0.05) is 19.2 Å². The van der Waals surface area contributed by atoms with Crippen molar-refractivity contribution in [2.45, 2.75) is 30.7 Å². The molecule has 1 amide bonds. The molecule has 1 aliphatic heterocycles. The largest absolute Gasteiger partial charge is 0.493 e. The van der Waals surface area contributed by atoms with Crippen LogP contribution in [0.15, 0.2) is 53.4 Å². The minimum absolute atomic E-state index is 0.124. The Kier molecular flexibility index (Phi) is 6.99. The molecule has 0 saturated carbocycles. The van der Waals surface area contributed by atoms with E-state index in [9.17, 15) is 13.2 Å². The molecule has 162 valence electrons. The summed E-state index contributed by atoms with van der Waals surface area (Å²) < 4.78 is 38.1. The van der Waals surface area contributed by atoms with Crippen LogP contribution in [0.25, 0.3) is 0 Å². The van der Waals surface area contributed by atoms with Crippen molar-refractivity contribution < 1.29 is 22.7 Å². The van der Waals surface area contributed by atoms with Gasteiger partial charge < -0.3 is 14.8 Å². The number of hydrogen-bond acceptors (Lipinski definition) is 5. The number of nitrogens with zero attached hydrogens (tertiary/aromatic N) is 1. The molecule has 0 bridgehead atoms. The van der Waals surface area contributed by atoms with Crippen LogP contribution >= 0.6 is 0 Å². The van der Waals surface area contributed by atoms with E-state index >= 15 is 0 Å². The minimum atomic E-state index is -3.75. The molecule has 0 spiro atoms. The highest BCUT2D eigenvalue weighted by Crippen LogP contribution is 2.32. The van der Waals surface area contributed by atoms with Crippen LogP contribution < -0.4 is 14.8 Å². The van der Waals surface area contributed by atoms with Crippen LogP contribution in [0.1, 0.15) is 31.4 Å². The summed E-state index contributed by atoms with van der Waals surface area (Å²) in [5.74, 6) is 0.294. The molecule has 1 fully saturated rings. The van der Waals surface area contributed by atoms with Gasteiger partial charge in [0.1, 0.15) is 0 Å². The molecule has 1 saturated heterocycles. The fraction of sp³-hybridized carbons (Fsp3) is 0.409. The third kappa shape index (κ3) is 4.76. The quantitative estimate of drug-likeness (QED) is 0.727. The Hall–Kier alpha value is -2.58. The summed E-state index contributed by atoms with van der Waals surface area (Å²) in [7, 11) is -0.791. The van der Waals surface area contributed by atoms with Crippen LogP contribution in [0.2, 0.25) is 0 Å². The fourth-order valence-electron chi connectivity index (χ4n) is 3.66. The zero-order chi connectivity index (χ0) is 21.7. The molecule has 0 radical (unpaired) electrons. The number of carbonyl (C=O) groups is 1. The van der Waals surface area contributed by atoms with Crippen molar-refractivity contribution in [3.05, 3.63) is 54.1 Å². The van der Waals surface area contributed by atoms with E-state index < -0.39 is 10.0 Å². The highest BCUT2D eigenvalue weighted by atomic mass is 32.2. The molecule has 1 heterocycles. The van der Waals surface area contributed by atoms with E-state index in [1.165, 1.54) is 30.7 Å². The van der Waals surface area contributed by atoms with Gasteiger partial charge in [-0.15, -0.1) is 0 Å². The van der Waals surface area contributed by atoms with Gasteiger partial charge in [0.05, 0.1) is 31.1 Å². The van der Waals surface area contributed by atoms with Crippen LogP contribution in [0.4, 0.5) is 0 Å². The number of hydrogen-bond donors (Lipinski definition) is 1. The molecule has 30 heavy (non-hydrogen) atoms. The number of ether oxygens (including phenoxy) is 2. The second-order valence-electron chi connectivity index (χ2n) is 7.36. The van der Waals surface area contributed by atoms with Gasteiger partial charge in [-0.3, -0.25) is 4.79 Å². The minimum Gasteiger partial charge on any atom is -0.493 e. The summed E-state index contributed by atoms with van der Waals surface area (Å²) in [6, 6.07) is 14.1. The molecular formula is C22H28N2O5S. The van der Waals surface area contributed by atoms with Crippen molar-refractivity contribution in [2.24, 2.45) is 5.92 Å². The number of piperidine rings is 1. The van der Waals surface area contributed by atoms with Gasteiger partial charge in [0.25, 0.3) is 0 Å². The average Bonchev–Trinajstić information content (AvgIpc) is 2.79. The molecule has 2 aromatic rings. The van der Waals surface area contributed by atoms with Gasteiger partial charge in [-0.2, -0.15) is 4.31 Å². The Morgan fingerprint density at radius 2 is 1.80 bits per heavy atom. The maximum absolute atomic E-state index is 13.2. The maximum Gasteiger partial charge on any atom is 0.243 e. The van der Waals surface area contributed by atoms with Crippen LogP contribution in [0, 0.1) is 5.92 Å². The van der Waals surface area contributed by atoms with E-state index in [1.54, 1.807) is 6.07 Å². The van der Waals surface area contributed by atoms with E-state index in [-0.39, 0.29) is 29.3 Å². The number of nitrogens with one attached hydrogen (secondary N) is 1. The van der Waals surface area contributed by atoms with Crippen LogP contribution in [-0.4, -0.2) is 45.9 Å². The zero-order valence-corrected chi connectivity index (χ0v) is 18.3. The van der Waals surface area contributed by atoms with Crippen molar-refractivity contribution in [1.82, 2.24) is 9.62 Å². The van der Waals surface area contributed by atoms with E-state index in [0.29, 0.717) is 30.9 Å². The number of sulfonamides is 1. The van der Waals surface area contributed by atoms with Crippen molar-refractivity contribution >= 4 is 15.9 Å². The first-order chi connectivity index (χ1) is 14.4. The van der Waals surface area contributed by atoms with Gasteiger partial charge in [-0.05, 0) is 37.5 Å². The highest BCUT2D eigenvalue weighted by molar-refractivity contribution is 7.89. The lowest BCUT2D eigenvalue weighted by molar-refractivity contribution is -0.126. The Bertz CT molecular complexity index is 978. The zero-order valence-electron chi connectivity index (χ0n) is 17.5. The van der Waals surface area contributed by atoms with E-state index in [4.69, 9.17) is 9.47 Å². The number of methoxy groups -OCH3 is 2. The van der Waals surface area contributed by atoms with Crippen molar-refractivity contribution in [3.63, 3.8) is 0 Å². The lowest BCUT2D eigenvalue weighted by Gasteiger charge is -2.32. The predicted molar refractivity (Wildman–Crippen MR) is 114 cm³/mol. The molecule has 0 aliphatic carbocycles. The Labute approximate surface area is 178 Å². The molecule has 2 atom stereocenters. The SMILES string of the molecule is COc1ccc(S(=O)(=O)N2CCC[C@@H](C(=O)N[C@H](C)c3ccccc3)C2)cc1OC. The maximum atomic E-state index is 13.2. The molecule has 1 aliphatic rings. The topological polar surface area (TPSA) is 84.9 Å². The number of benzene rings is 2. The van der Waals surface area contributed by atoms with Crippen molar-refractivity contribution in [3.8, 4) is 11.5 Å². The third-order valence-electron chi connectivity index (χ3n) is 5.41. The summed E-state index contributed by atoms with van der Waals surface area (Å²) >= 11 is 0. The summed E-state index contributed by atoms with van der Waals surface area (Å²) in [4.78, 5) is 12.9. The monoisotopic (exact) mass is 432 g/mol. The lowest BCUT2D eigenvalue weighted by Crippen LogP contribution is -2.45. The first kappa shape index (κ1) is 22.1. The van der Waals surface area contributed by atoms with Crippen LogP contribution in [0.3, 0.4) is 0 Å². The second kappa shape index (κ2) is 9.49. The van der Waals surface area contributed by atoms with Crippen LogP contribution in [-0.2, 0) is 14.8 Å². The van der Waals surface area contributed by atoms with Gasteiger partial charge in [0.15, 0.2) is 11.5 Å². The van der Waals surface area contributed by atoms with E-state index in [0.717, 1.165) is 5.56 Å². The molecular weight excluding hydrogens is 404 g/mol. The number of rotatable bonds is 7. The fourth-order valence-corrected chi connectivity index (χ4v) is 5.20. The smallest absolute Gasteiger partial charge is 0.243 e. The number of amides is 1.